The molecule has 304 valence electrons. The lowest BCUT2D eigenvalue weighted by atomic mass is 9.67. The summed E-state index contributed by atoms with van der Waals surface area (Å²) in [7, 11) is 4.42. The molecule has 1 saturated heterocycles. The third-order valence-corrected chi connectivity index (χ3v) is 11.6. The normalized spacial score (nSPS) is 28.2. The van der Waals surface area contributed by atoms with E-state index in [0.717, 1.165) is 19.2 Å². The number of nitrogens with zero attached hydrogens (tertiary/aromatic N) is 2. The second-order valence-corrected chi connectivity index (χ2v) is 14.2. The largest absolute Gasteiger partial charge is 0.492 e. The average Bonchev–Trinajstić information content (AvgIpc) is 3.17. The summed E-state index contributed by atoms with van der Waals surface area (Å²) >= 11 is 0. The minimum Gasteiger partial charge on any atom is -0.492 e. The highest BCUT2D eigenvalue weighted by molar-refractivity contribution is 6.26. The number of hydrogen-bond acceptors (Lipinski definition) is 14. The van der Waals surface area contributed by atoms with Gasteiger partial charge in [0, 0.05) is 52.2 Å². The molecule has 0 saturated carbocycles. The highest BCUT2D eigenvalue weighted by atomic mass is 19.4. The summed E-state index contributed by atoms with van der Waals surface area (Å²) in [6.45, 7) is 5.11. The van der Waals surface area contributed by atoms with Crippen LogP contribution in [0, 0.1) is 0 Å². The Bertz CT molecular complexity index is 2130. The van der Waals surface area contributed by atoms with Crippen molar-refractivity contribution in [2.75, 3.05) is 35.0 Å². The molecule has 0 radical (unpaired) electrons. The number of esters is 2. The van der Waals surface area contributed by atoms with E-state index >= 15 is 13.2 Å². The van der Waals surface area contributed by atoms with Gasteiger partial charge >= 0.3 is 18.1 Å². The Balaban J connectivity index is 1.58. The Morgan fingerprint density at radius 3 is 2.02 bits per heavy atom. The van der Waals surface area contributed by atoms with Crippen molar-refractivity contribution in [2.45, 2.75) is 82.4 Å². The fraction of sp³-hybridized carbons (Fsp3) is 0.450. The van der Waals surface area contributed by atoms with E-state index in [2.05, 4.69) is 0 Å². The van der Waals surface area contributed by atoms with E-state index in [4.69, 9.17) is 23.7 Å². The average molecular weight is 799 g/mol. The summed E-state index contributed by atoms with van der Waals surface area (Å²) in [5.74, 6) is -6.54. The molecule has 0 amide bonds. The van der Waals surface area contributed by atoms with Gasteiger partial charge in [0.05, 0.1) is 37.9 Å². The number of methoxy groups -OCH3 is 3. The van der Waals surface area contributed by atoms with Crippen LogP contribution in [0.4, 0.5) is 13.2 Å². The Labute approximate surface area is 325 Å². The second-order valence-electron chi connectivity index (χ2n) is 14.2. The minimum atomic E-state index is -5.43. The number of rotatable bonds is 9. The summed E-state index contributed by atoms with van der Waals surface area (Å²) in [4.78, 5) is 86.8. The van der Waals surface area contributed by atoms with E-state index in [1.807, 2.05) is 0 Å². The van der Waals surface area contributed by atoms with Crippen molar-refractivity contribution in [1.29, 1.82) is 0 Å². The van der Waals surface area contributed by atoms with Gasteiger partial charge in [-0.2, -0.15) is 13.2 Å². The number of aliphatic hydroxyl groups is 1. The van der Waals surface area contributed by atoms with Crippen molar-refractivity contribution in [2.24, 2.45) is 0 Å². The number of halogens is 3. The predicted molar refractivity (Wildman–Crippen MR) is 190 cm³/mol. The van der Waals surface area contributed by atoms with Crippen LogP contribution in [0.5, 0.6) is 0 Å². The Hall–Kier alpha value is -5.23. The number of carbonyl (C=O) groups excluding carboxylic acids is 6. The van der Waals surface area contributed by atoms with Crippen molar-refractivity contribution in [3.05, 3.63) is 92.5 Å². The second kappa shape index (κ2) is 14.9. The SMILES string of the molecule is C/C=C(/C)C(=O)OC[C@H]1C2=C(C[C@H]3[C@@H]4C5=C(C(=O)C(C)=C(OC)C5=O)[C@H](OC(=O)[C@@](OC)(c5ccccc5)C(F)(F)F)[C@H]([C@H](O)N13)N4C)C(=O)C(C)=C(OC)C2=O. The van der Waals surface area contributed by atoms with E-state index in [1.54, 1.807) is 6.92 Å². The maximum atomic E-state index is 15.1. The molecule has 2 bridgehead atoms. The molecule has 1 N–H and O–H groups in total. The number of aliphatic hydroxyl groups excluding tert-OH is 1. The lowest BCUT2D eigenvalue weighted by molar-refractivity contribution is -0.280. The molecule has 3 heterocycles. The Morgan fingerprint density at radius 2 is 1.47 bits per heavy atom. The third-order valence-electron chi connectivity index (χ3n) is 11.6. The molecule has 6 rings (SSSR count). The minimum absolute atomic E-state index is 0.00991. The first-order chi connectivity index (χ1) is 26.9. The van der Waals surface area contributed by atoms with Crippen molar-refractivity contribution in [1.82, 2.24) is 9.80 Å². The van der Waals surface area contributed by atoms with Crippen LogP contribution in [0.15, 0.2) is 86.9 Å². The molecule has 57 heavy (non-hydrogen) atoms. The topological polar surface area (TPSA) is 175 Å². The number of hydrogen-bond donors (Lipinski definition) is 1. The number of alkyl halides is 3. The number of benzene rings is 1. The van der Waals surface area contributed by atoms with E-state index in [0.29, 0.717) is 7.11 Å². The maximum Gasteiger partial charge on any atom is 0.432 e. The fourth-order valence-corrected chi connectivity index (χ4v) is 8.75. The van der Waals surface area contributed by atoms with Crippen LogP contribution < -0.4 is 0 Å². The molecule has 5 aliphatic rings. The molecule has 7 atom stereocenters. The van der Waals surface area contributed by atoms with Gasteiger partial charge in [-0.15, -0.1) is 0 Å². The van der Waals surface area contributed by atoms with Gasteiger partial charge in [0.15, 0.2) is 29.2 Å². The molecular weight excluding hydrogens is 757 g/mol. The summed E-state index contributed by atoms with van der Waals surface area (Å²) < 4.78 is 72.4. The zero-order valence-electron chi connectivity index (χ0n) is 32.3. The molecule has 14 nitrogen and oxygen atoms in total. The molecule has 3 aliphatic heterocycles. The van der Waals surface area contributed by atoms with E-state index in [-0.39, 0.29) is 51.4 Å². The molecule has 0 unspecified atom stereocenters. The molecule has 2 aliphatic carbocycles. The third kappa shape index (κ3) is 6.01. The van der Waals surface area contributed by atoms with Crippen molar-refractivity contribution >= 4 is 35.1 Å². The molecule has 0 spiro atoms. The number of likely N-dealkylation sites (N-methyl/N-ethyl adjacent to an activating group) is 1. The standard InChI is InChI=1S/C40H41F3N2O12/c1-9-17(2)37(51)56-16-23-24-21(29(46)18(3)33(53-6)31(24)48)15-22-27-25-26(30(47)19(4)34(54-7)32(25)49)35(28(44(27)5)36(50)45(22)23)57-38(52)39(55-8,40(41,42)43)20-13-11-10-12-14-20/h9-14,22-23,27-28,35-36,50H,15-16H2,1-8H3/b17-9-/t22-,23-,27+,28+,35-,36-,39-/m0/s1. The van der Waals surface area contributed by atoms with E-state index in [9.17, 15) is 33.9 Å². The molecule has 0 aromatic heterocycles. The van der Waals surface area contributed by atoms with Gasteiger partial charge in [-0.25, -0.2) is 9.59 Å². The van der Waals surface area contributed by atoms with Crippen LogP contribution in [-0.4, -0.2) is 128 Å². The lowest BCUT2D eigenvalue weighted by Gasteiger charge is -2.61. The van der Waals surface area contributed by atoms with Crippen molar-refractivity contribution in [3.8, 4) is 0 Å². The molecule has 1 fully saturated rings. The van der Waals surface area contributed by atoms with Crippen LogP contribution in [0.2, 0.25) is 0 Å². The number of piperazine rings is 1. The van der Waals surface area contributed by atoms with Gasteiger partial charge < -0.3 is 28.8 Å². The first-order valence-corrected chi connectivity index (χ1v) is 17.9. The van der Waals surface area contributed by atoms with Crippen molar-refractivity contribution < 1.29 is 70.7 Å². The summed E-state index contributed by atoms with van der Waals surface area (Å²) in [5, 5.41) is 12.5. The van der Waals surface area contributed by atoms with Gasteiger partial charge in [0.2, 0.25) is 11.6 Å². The molecular formula is C40H41F3N2O12. The van der Waals surface area contributed by atoms with Crippen molar-refractivity contribution in [3.63, 3.8) is 0 Å². The molecule has 1 aromatic carbocycles. The first-order valence-electron chi connectivity index (χ1n) is 17.9. The van der Waals surface area contributed by atoms with Crippen LogP contribution in [0.1, 0.15) is 39.7 Å². The smallest absolute Gasteiger partial charge is 0.432 e. The van der Waals surface area contributed by atoms with Gasteiger partial charge in [0.1, 0.15) is 12.8 Å². The number of ether oxygens (including phenoxy) is 5. The monoisotopic (exact) mass is 798 g/mol. The van der Waals surface area contributed by atoms with Crippen LogP contribution in [-0.2, 0) is 58.1 Å². The first kappa shape index (κ1) is 41.4. The highest BCUT2D eigenvalue weighted by Gasteiger charge is 2.67. The zero-order chi connectivity index (χ0) is 42.0. The predicted octanol–water partition coefficient (Wildman–Crippen LogP) is 2.71. The van der Waals surface area contributed by atoms with E-state index < -0.39 is 101 Å². The van der Waals surface area contributed by atoms with Crippen LogP contribution in [0.25, 0.3) is 0 Å². The number of ketones is 4. The number of allylic oxidation sites excluding steroid dienone is 5. The zero-order valence-corrected chi connectivity index (χ0v) is 32.3. The highest BCUT2D eigenvalue weighted by Crippen LogP contribution is 2.51. The molecule has 1 aromatic rings. The Kier molecular flexibility index (Phi) is 10.8. The van der Waals surface area contributed by atoms with Gasteiger partial charge in [-0.05, 0) is 41.2 Å². The summed E-state index contributed by atoms with van der Waals surface area (Å²) in [5.41, 5.74) is -5.43. The van der Waals surface area contributed by atoms with Gasteiger partial charge in [0.25, 0.3) is 5.60 Å². The summed E-state index contributed by atoms with van der Waals surface area (Å²) in [6.07, 6.45) is -8.22. The summed E-state index contributed by atoms with van der Waals surface area (Å²) in [6, 6.07) is 0.571. The van der Waals surface area contributed by atoms with Crippen LogP contribution in [0.3, 0.4) is 0 Å². The maximum absolute atomic E-state index is 15.1. The van der Waals surface area contributed by atoms with Crippen LogP contribution >= 0.6 is 0 Å². The number of carbonyl (C=O) groups is 6. The van der Waals surface area contributed by atoms with Gasteiger partial charge in [-0.1, -0.05) is 36.4 Å². The molecule has 17 heteroatoms. The van der Waals surface area contributed by atoms with Gasteiger partial charge in [-0.3, -0.25) is 29.0 Å². The number of fused-ring (bicyclic) bond motifs is 5. The lowest BCUT2D eigenvalue weighted by Crippen LogP contribution is -2.77. The number of Topliss-reactive ketones (excluding diaryl/α,β-unsaturated/α-hetero) is 4. The quantitative estimate of drug-likeness (QED) is 0.219. The Morgan fingerprint density at radius 1 is 0.895 bits per heavy atom. The fourth-order valence-electron chi connectivity index (χ4n) is 8.75. The van der Waals surface area contributed by atoms with E-state index in [1.165, 1.54) is 69.0 Å².